The van der Waals surface area contributed by atoms with Crippen molar-refractivity contribution in [3.05, 3.63) is 0 Å². The second-order valence-electron chi connectivity index (χ2n) is 3.60. The highest BCUT2D eigenvalue weighted by molar-refractivity contribution is 7.24. The van der Waals surface area contributed by atoms with E-state index in [4.69, 9.17) is 9.42 Å². The van der Waals surface area contributed by atoms with Crippen molar-refractivity contribution in [2.75, 3.05) is 6.61 Å². The summed E-state index contributed by atoms with van der Waals surface area (Å²) in [6.45, 7) is 8.81. The van der Waals surface area contributed by atoms with E-state index >= 15 is 0 Å². The van der Waals surface area contributed by atoms with E-state index in [-0.39, 0.29) is 6.17 Å². The second kappa shape index (κ2) is 7.65. The maximum absolute atomic E-state index is 8.53. The van der Waals surface area contributed by atoms with Crippen molar-refractivity contribution < 1.29 is 9.42 Å². The highest BCUT2D eigenvalue weighted by Gasteiger charge is 2.10. The maximum atomic E-state index is 8.53. The smallest absolute Gasteiger partial charge is 0.152 e. The first-order valence-corrected chi connectivity index (χ1v) is 5.44. The van der Waals surface area contributed by atoms with Crippen molar-refractivity contribution in [1.29, 1.82) is 0 Å². The number of nitrogens with one attached hydrogen (secondary N) is 2. The van der Waals surface area contributed by atoms with Crippen molar-refractivity contribution in [3.8, 4) is 0 Å². The van der Waals surface area contributed by atoms with Gasteiger partial charge in [-0.1, -0.05) is 0 Å². The lowest BCUT2D eigenvalue weighted by molar-refractivity contribution is 0.229. The molecule has 0 heterocycles. The minimum atomic E-state index is -0.436. The van der Waals surface area contributed by atoms with E-state index in [1.54, 1.807) is 0 Å². The van der Waals surface area contributed by atoms with Gasteiger partial charge in [-0.3, -0.25) is 10.6 Å². The molecule has 0 aliphatic rings. The Morgan fingerprint density at radius 3 is 1.92 bits per heavy atom. The molecule has 0 spiro atoms. The van der Waals surface area contributed by atoms with Gasteiger partial charge in [0.15, 0.2) is 9.03 Å². The Balaban J connectivity index is 3.73. The fourth-order valence-corrected chi connectivity index (χ4v) is 1.31. The summed E-state index contributed by atoms with van der Waals surface area (Å²) in [5.41, 5.74) is 0. The van der Waals surface area contributed by atoms with Crippen molar-refractivity contribution in [1.82, 2.24) is 10.6 Å². The Hall–Kier alpha value is 0.270. The molecule has 80 valence electrons. The first kappa shape index (κ1) is 13.3. The quantitative estimate of drug-likeness (QED) is 0.428. The molecule has 13 heavy (non-hydrogen) atoms. The predicted molar refractivity (Wildman–Crippen MR) is 56.8 cm³/mol. The number of hydrogen-bond donors (Lipinski definition) is 3. The monoisotopic (exact) mass is 208 g/mol. The fourth-order valence-electron chi connectivity index (χ4n) is 1.07. The van der Waals surface area contributed by atoms with E-state index < -0.39 is 9.03 Å². The van der Waals surface area contributed by atoms with Gasteiger partial charge < -0.3 is 9.42 Å². The Kier molecular flexibility index (Phi) is 7.81. The van der Waals surface area contributed by atoms with Crippen LogP contribution in [0.5, 0.6) is 0 Å². The zero-order valence-electron chi connectivity index (χ0n) is 8.79. The first-order valence-electron chi connectivity index (χ1n) is 4.59. The van der Waals surface area contributed by atoms with Crippen LogP contribution in [0.4, 0.5) is 0 Å². The number of rotatable bonds is 7. The van der Waals surface area contributed by atoms with Crippen LogP contribution in [0.2, 0.25) is 0 Å². The van der Waals surface area contributed by atoms with Gasteiger partial charge in [0.25, 0.3) is 0 Å². The molecule has 5 heteroatoms. The fraction of sp³-hybridized carbons (Fsp3) is 1.00. The van der Waals surface area contributed by atoms with Crippen LogP contribution in [0.1, 0.15) is 27.7 Å². The SMILES string of the molecule is CC(C)NC(COPO)NC(C)C. The van der Waals surface area contributed by atoms with Crippen LogP contribution in [-0.2, 0) is 4.52 Å². The second-order valence-corrected chi connectivity index (χ2v) is 4.07. The minimum Gasteiger partial charge on any atom is -0.352 e. The van der Waals surface area contributed by atoms with Crippen LogP contribution in [0.25, 0.3) is 0 Å². The van der Waals surface area contributed by atoms with Gasteiger partial charge in [0.2, 0.25) is 0 Å². The van der Waals surface area contributed by atoms with Crippen LogP contribution in [0, 0.1) is 0 Å². The van der Waals surface area contributed by atoms with Gasteiger partial charge in [0, 0.05) is 12.1 Å². The predicted octanol–water partition coefficient (Wildman–Crippen LogP) is 0.826. The van der Waals surface area contributed by atoms with E-state index in [9.17, 15) is 0 Å². The standard InChI is InChI=1S/C8H21N2O2P/c1-6(2)9-8(5-12-13-11)10-7(3)4/h6-11,13H,5H2,1-4H3. The average Bonchev–Trinajstić information content (AvgIpc) is 1.98. The van der Waals surface area contributed by atoms with Gasteiger partial charge in [-0.2, -0.15) is 0 Å². The molecule has 0 aliphatic carbocycles. The van der Waals surface area contributed by atoms with Crippen molar-refractivity contribution in [2.45, 2.75) is 45.9 Å². The molecule has 0 bridgehead atoms. The summed E-state index contributed by atoms with van der Waals surface area (Å²) in [6.07, 6.45) is 0.111. The summed E-state index contributed by atoms with van der Waals surface area (Å²) in [5.74, 6) is 0. The minimum absolute atomic E-state index is 0.111. The molecular formula is C8H21N2O2P. The molecule has 0 aromatic heterocycles. The van der Waals surface area contributed by atoms with E-state index in [1.165, 1.54) is 0 Å². The molecule has 4 nitrogen and oxygen atoms in total. The molecule has 0 aliphatic heterocycles. The third-order valence-electron chi connectivity index (χ3n) is 1.38. The van der Waals surface area contributed by atoms with Crippen LogP contribution in [0.3, 0.4) is 0 Å². The van der Waals surface area contributed by atoms with Crippen LogP contribution in [-0.4, -0.2) is 29.7 Å². The van der Waals surface area contributed by atoms with Gasteiger partial charge in [0.05, 0.1) is 12.8 Å². The molecule has 0 amide bonds. The molecule has 1 unspecified atom stereocenters. The molecule has 3 N–H and O–H groups in total. The molecular weight excluding hydrogens is 187 g/mol. The normalized spacial score (nSPS) is 12.9. The summed E-state index contributed by atoms with van der Waals surface area (Å²) < 4.78 is 4.96. The van der Waals surface area contributed by atoms with E-state index in [0.29, 0.717) is 18.7 Å². The lowest BCUT2D eigenvalue weighted by Gasteiger charge is -2.24. The summed E-state index contributed by atoms with van der Waals surface area (Å²) in [6, 6.07) is 0.809. The van der Waals surface area contributed by atoms with Gasteiger partial charge in [-0.25, -0.2) is 0 Å². The van der Waals surface area contributed by atoms with Gasteiger partial charge in [0.1, 0.15) is 0 Å². The summed E-state index contributed by atoms with van der Waals surface area (Å²) in [7, 11) is -0.436. The topological polar surface area (TPSA) is 53.5 Å². The van der Waals surface area contributed by atoms with E-state index in [0.717, 1.165) is 0 Å². The Morgan fingerprint density at radius 2 is 1.62 bits per heavy atom. The summed E-state index contributed by atoms with van der Waals surface area (Å²) >= 11 is 0. The van der Waals surface area contributed by atoms with Crippen LogP contribution >= 0.6 is 9.03 Å². The van der Waals surface area contributed by atoms with Crippen LogP contribution in [0.15, 0.2) is 0 Å². The van der Waals surface area contributed by atoms with E-state index in [1.807, 2.05) is 0 Å². The lowest BCUT2D eigenvalue weighted by Crippen LogP contribution is -2.50. The zero-order chi connectivity index (χ0) is 10.3. The van der Waals surface area contributed by atoms with Crippen molar-refractivity contribution in [3.63, 3.8) is 0 Å². The van der Waals surface area contributed by atoms with Gasteiger partial charge >= 0.3 is 0 Å². The molecule has 0 radical (unpaired) electrons. The maximum Gasteiger partial charge on any atom is 0.152 e. The average molecular weight is 208 g/mol. The molecule has 0 fully saturated rings. The van der Waals surface area contributed by atoms with Gasteiger partial charge in [-0.15, -0.1) is 0 Å². The molecule has 0 saturated carbocycles. The molecule has 0 aromatic rings. The lowest BCUT2D eigenvalue weighted by atomic mass is 10.3. The molecule has 0 rings (SSSR count). The number of hydrogen-bond acceptors (Lipinski definition) is 4. The highest BCUT2D eigenvalue weighted by Crippen LogP contribution is 2.03. The Morgan fingerprint density at radius 1 is 1.15 bits per heavy atom. The summed E-state index contributed by atoms with van der Waals surface area (Å²) in [5, 5.41) is 6.61. The highest BCUT2D eigenvalue weighted by atomic mass is 31.1. The molecule has 1 atom stereocenters. The third-order valence-corrected chi connectivity index (χ3v) is 1.68. The van der Waals surface area contributed by atoms with Crippen molar-refractivity contribution >= 4 is 9.03 Å². The largest absolute Gasteiger partial charge is 0.352 e. The Labute approximate surface area is 82.4 Å². The Bertz CT molecular complexity index is 113. The molecule has 0 aromatic carbocycles. The molecule has 0 saturated heterocycles. The van der Waals surface area contributed by atoms with Crippen molar-refractivity contribution in [2.24, 2.45) is 0 Å². The summed E-state index contributed by atoms with van der Waals surface area (Å²) in [4.78, 5) is 8.53. The third kappa shape index (κ3) is 8.60. The van der Waals surface area contributed by atoms with E-state index in [2.05, 4.69) is 38.3 Å². The van der Waals surface area contributed by atoms with Gasteiger partial charge in [-0.05, 0) is 27.7 Å². The van der Waals surface area contributed by atoms with Crippen LogP contribution < -0.4 is 10.6 Å². The first-order chi connectivity index (χ1) is 6.06. The zero-order valence-corrected chi connectivity index (χ0v) is 9.79.